The van der Waals surface area contributed by atoms with Crippen LogP contribution in [-0.4, -0.2) is 22.9 Å². The fourth-order valence-corrected chi connectivity index (χ4v) is 4.29. The zero-order valence-corrected chi connectivity index (χ0v) is 18.7. The molecule has 0 radical (unpaired) electrons. The highest BCUT2D eigenvalue weighted by atomic mass is 16.6. The van der Waals surface area contributed by atoms with Gasteiger partial charge in [0, 0.05) is 36.3 Å². The summed E-state index contributed by atoms with van der Waals surface area (Å²) >= 11 is 0. The first kappa shape index (κ1) is 22.4. The molecule has 0 fully saturated rings. The maximum Gasteiger partial charge on any atom is 0.269 e. The van der Waals surface area contributed by atoms with Crippen LogP contribution in [0, 0.1) is 10.1 Å². The molecule has 3 rings (SSSR count). The molecule has 1 aliphatic rings. The molecule has 0 saturated carbocycles. The van der Waals surface area contributed by atoms with Crippen LogP contribution in [0.25, 0.3) is 0 Å². The van der Waals surface area contributed by atoms with Gasteiger partial charge in [-0.15, -0.1) is 5.11 Å². The molecule has 0 aromatic heterocycles. The highest BCUT2D eigenvalue weighted by molar-refractivity contribution is 5.95. The lowest BCUT2D eigenvalue weighted by molar-refractivity contribution is -0.384. The molecule has 2 aromatic rings. The number of fused-ring (bicyclic) bond motifs is 1. The summed E-state index contributed by atoms with van der Waals surface area (Å²) in [6, 6.07) is 9.88. The van der Waals surface area contributed by atoms with Crippen LogP contribution < -0.4 is 10.2 Å². The van der Waals surface area contributed by atoms with Gasteiger partial charge in [-0.05, 0) is 62.9 Å². The number of nitrogens with one attached hydrogen (secondary N) is 1. The second kappa shape index (κ2) is 8.83. The largest absolute Gasteiger partial charge is 0.366 e. The van der Waals surface area contributed by atoms with Crippen LogP contribution in [0.2, 0.25) is 0 Å². The van der Waals surface area contributed by atoms with E-state index in [-0.39, 0.29) is 17.1 Å². The van der Waals surface area contributed by atoms with Crippen molar-refractivity contribution in [3.05, 3.63) is 52.1 Å². The second-order valence-electron chi connectivity index (χ2n) is 8.47. The zero-order chi connectivity index (χ0) is 22.8. The maximum absolute atomic E-state index is 12.2. The lowest BCUT2D eigenvalue weighted by Crippen LogP contribution is -2.48. The molecule has 164 valence electrons. The first-order chi connectivity index (χ1) is 14.7. The Morgan fingerprint density at radius 3 is 2.48 bits per heavy atom. The third kappa shape index (κ3) is 4.73. The van der Waals surface area contributed by atoms with Crippen molar-refractivity contribution in [3.63, 3.8) is 0 Å². The molecule has 2 aromatic carbocycles. The van der Waals surface area contributed by atoms with Crippen molar-refractivity contribution in [3.8, 4) is 0 Å². The first-order valence-corrected chi connectivity index (χ1v) is 10.6. The van der Waals surface area contributed by atoms with Gasteiger partial charge >= 0.3 is 0 Å². The number of azo groups is 1. The maximum atomic E-state index is 12.2. The number of benzene rings is 2. The van der Waals surface area contributed by atoms with Gasteiger partial charge in [0.05, 0.1) is 16.3 Å². The molecule has 8 nitrogen and oxygen atoms in total. The van der Waals surface area contributed by atoms with Gasteiger partial charge in [0.15, 0.2) is 0 Å². The van der Waals surface area contributed by atoms with E-state index in [1.165, 1.54) is 17.7 Å². The van der Waals surface area contributed by atoms with E-state index in [2.05, 4.69) is 48.1 Å². The van der Waals surface area contributed by atoms with Crippen molar-refractivity contribution in [1.29, 1.82) is 0 Å². The van der Waals surface area contributed by atoms with Crippen LogP contribution in [0.15, 0.2) is 46.6 Å². The topological polar surface area (TPSA) is 100 Å². The molecule has 0 aliphatic carbocycles. The number of carbonyl (C=O) groups excluding carboxylic acids is 1. The van der Waals surface area contributed by atoms with Crippen molar-refractivity contribution < 1.29 is 9.72 Å². The fourth-order valence-electron chi connectivity index (χ4n) is 4.29. The van der Waals surface area contributed by atoms with Gasteiger partial charge in [-0.2, -0.15) is 5.11 Å². The van der Waals surface area contributed by atoms with Gasteiger partial charge < -0.3 is 10.2 Å². The quantitative estimate of drug-likeness (QED) is 0.327. The minimum Gasteiger partial charge on any atom is -0.366 e. The number of hydrogen-bond acceptors (Lipinski definition) is 6. The summed E-state index contributed by atoms with van der Waals surface area (Å²) < 4.78 is 0. The van der Waals surface area contributed by atoms with Crippen LogP contribution >= 0.6 is 0 Å². The smallest absolute Gasteiger partial charge is 0.269 e. The van der Waals surface area contributed by atoms with Gasteiger partial charge in [0.25, 0.3) is 5.69 Å². The number of nitro benzene ring substituents is 1. The predicted octanol–water partition coefficient (Wildman–Crippen LogP) is 6.47. The van der Waals surface area contributed by atoms with Crippen LogP contribution in [0.3, 0.4) is 0 Å². The number of amides is 1. The molecule has 1 N–H and O–H groups in total. The third-order valence-corrected chi connectivity index (χ3v) is 5.75. The molecule has 0 spiro atoms. The Morgan fingerprint density at radius 1 is 1.23 bits per heavy atom. The van der Waals surface area contributed by atoms with E-state index in [0.29, 0.717) is 29.4 Å². The van der Waals surface area contributed by atoms with E-state index in [0.717, 1.165) is 18.7 Å². The molecule has 0 saturated heterocycles. The van der Waals surface area contributed by atoms with Gasteiger partial charge in [-0.3, -0.25) is 14.9 Å². The average Bonchev–Trinajstić information content (AvgIpc) is 2.72. The minimum atomic E-state index is -0.453. The highest BCUT2D eigenvalue weighted by Gasteiger charge is 2.36. The molecule has 1 atom stereocenters. The summed E-state index contributed by atoms with van der Waals surface area (Å²) in [5, 5.41) is 22.4. The first-order valence-electron chi connectivity index (χ1n) is 10.6. The Morgan fingerprint density at radius 2 is 1.90 bits per heavy atom. The molecule has 1 heterocycles. The standard InChI is InChI=1S/C23H29N5O3/c1-6-22(29)24-19-13-21-18(15(3)14-23(4,5)27(21)7-2)12-20(19)26-25-16-8-10-17(11-9-16)28(30)31/h8-13,15H,6-7,14H2,1-5H3,(H,24,29)/t15-/m0/s1. The predicted molar refractivity (Wildman–Crippen MR) is 123 cm³/mol. The summed E-state index contributed by atoms with van der Waals surface area (Å²) in [7, 11) is 0. The van der Waals surface area contributed by atoms with Crippen molar-refractivity contribution >= 4 is 34.3 Å². The molecule has 0 bridgehead atoms. The Hall–Kier alpha value is -3.29. The monoisotopic (exact) mass is 423 g/mol. The number of rotatable bonds is 6. The molecule has 31 heavy (non-hydrogen) atoms. The molecule has 1 aliphatic heterocycles. The Bertz CT molecular complexity index is 1010. The second-order valence-corrected chi connectivity index (χ2v) is 8.47. The van der Waals surface area contributed by atoms with Crippen molar-refractivity contribution in [1.82, 2.24) is 0 Å². The molecular formula is C23H29N5O3. The minimum absolute atomic E-state index is 0.000254. The van der Waals surface area contributed by atoms with E-state index in [1.54, 1.807) is 19.1 Å². The molecule has 1 amide bonds. The highest BCUT2D eigenvalue weighted by Crippen LogP contribution is 2.47. The lowest BCUT2D eigenvalue weighted by atomic mass is 9.79. The van der Waals surface area contributed by atoms with Gasteiger partial charge in [0.2, 0.25) is 5.91 Å². The van der Waals surface area contributed by atoms with E-state index in [4.69, 9.17) is 0 Å². The normalized spacial score (nSPS) is 17.5. The van der Waals surface area contributed by atoms with E-state index < -0.39 is 4.92 Å². The molecule has 0 unspecified atom stereocenters. The Balaban J connectivity index is 2.05. The number of carbonyl (C=O) groups is 1. The van der Waals surface area contributed by atoms with Crippen LogP contribution in [0.4, 0.5) is 28.4 Å². The number of anilines is 2. The van der Waals surface area contributed by atoms with E-state index in [1.807, 2.05) is 12.1 Å². The van der Waals surface area contributed by atoms with Gasteiger partial charge in [-0.1, -0.05) is 13.8 Å². The van der Waals surface area contributed by atoms with Crippen molar-refractivity contribution in [2.24, 2.45) is 10.2 Å². The summed E-state index contributed by atoms with van der Waals surface area (Å²) in [4.78, 5) is 24.9. The van der Waals surface area contributed by atoms with Gasteiger partial charge in [0.1, 0.15) is 5.69 Å². The molecule has 8 heteroatoms. The SMILES string of the molecule is CCC(=O)Nc1cc2c(cc1N=Nc1ccc([N+](=O)[O-])cc1)[C@@H](C)CC(C)(C)N2CC. The average molecular weight is 424 g/mol. The molecular weight excluding hydrogens is 394 g/mol. The van der Waals surface area contributed by atoms with E-state index in [9.17, 15) is 14.9 Å². The summed E-state index contributed by atoms with van der Waals surface area (Å²) in [6.45, 7) is 11.5. The van der Waals surface area contributed by atoms with Crippen LogP contribution in [-0.2, 0) is 4.79 Å². The van der Waals surface area contributed by atoms with Crippen LogP contribution in [0.5, 0.6) is 0 Å². The Kier molecular flexibility index (Phi) is 6.38. The van der Waals surface area contributed by atoms with E-state index >= 15 is 0 Å². The lowest BCUT2D eigenvalue weighted by Gasteiger charge is -2.47. The summed E-state index contributed by atoms with van der Waals surface area (Å²) in [5.41, 5.74) is 3.97. The Labute approximate surface area is 182 Å². The number of non-ortho nitro benzene ring substituents is 1. The van der Waals surface area contributed by atoms with Crippen molar-refractivity contribution in [2.75, 3.05) is 16.8 Å². The van der Waals surface area contributed by atoms with Crippen LogP contribution in [0.1, 0.15) is 58.9 Å². The number of nitro groups is 1. The summed E-state index contributed by atoms with van der Waals surface area (Å²) in [6.07, 6.45) is 1.36. The summed E-state index contributed by atoms with van der Waals surface area (Å²) in [5.74, 6) is 0.231. The van der Waals surface area contributed by atoms with Gasteiger partial charge in [-0.25, -0.2) is 0 Å². The number of nitrogens with zero attached hydrogens (tertiary/aromatic N) is 4. The zero-order valence-electron chi connectivity index (χ0n) is 18.7. The third-order valence-electron chi connectivity index (χ3n) is 5.75. The fraction of sp³-hybridized carbons (Fsp3) is 0.435. The van der Waals surface area contributed by atoms with Crippen molar-refractivity contribution in [2.45, 2.75) is 58.9 Å². The number of hydrogen-bond donors (Lipinski definition) is 1.